The van der Waals surface area contributed by atoms with Gasteiger partial charge in [0, 0.05) is 12.6 Å². The third-order valence-electron chi connectivity index (χ3n) is 3.36. The Labute approximate surface area is 134 Å². The van der Waals surface area contributed by atoms with Crippen LogP contribution in [0.15, 0.2) is 24.3 Å². The highest BCUT2D eigenvalue weighted by Crippen LogP contribution is 2.13. The molecule has 2 N–H and O–H groups in total. The summed E-state index contributed by atoms with van der Waals surface area (Å²) in [4.78, 5) is 2.46. The van der Waals surface area contributed by atoms with Gasteiger partial charge in [0.1, 0.15) is 12.4 Å². The van der Waals surface area contributed by atoms with E-state index in [1.807, 2.05) is 19.1 Å². The van der Waals surface area contributed by atoms with Crippen LogP contribution in [-0.4, -0.2) is 37.2 Å². The van der Waals surface area contributed by atoms with Gasteiger partial charge in [0.2, 0.25) is 0 Å². The molecule has 0 aromatic heterocycles. The SMILES string of the molecule is CC(N)Cc1ccc(OCCN2CCCC2)cc1.Cl.Cl. The van der Waals surface area contributed by atoms with Crippen LogP contribution in [-0.2, 0) is 6.42 Å². The van der Waals surface area contributed by atoms with Gasteiger partial charge in [-0.15, -0.1) is 24.8 Å². The van der Waals surface area contributed by atoms with Crippen LogP contribution in [0.5, 0.6) is 5.75 Å². The van der Waals surface area contributed by atoms with Gasteiger partial charge in [-0.1, -0.05) is 12.1 Å². The molecule has 0 saturated carbocycles. The lowest BCUT2D eigenvalue weighted by atomic mass is 10.1. The monoisotopic (exact) mass is 320 g/mol. The summed E-state index contributed by atoms with van der Waals surface area (Å²) in [6.07, 6.45) is 3.60. The van der Waals surface area contributed by atoms with Gasteiger partial charge in [-0.05, 0) is 57.0 Å². The molecule has 1 unspecified atom stereocenters. The fraction of sp³-hybridized carbons (Fsp3) is 0.600. The Kier molecular flexibility index (Phi) is 10.0. The number of nitrogens with two attached hydrogens (primary N) is 1. The van der Waals surface area contributed by atoms with Crippen molar-refractivity contribution in [1.29, 1.82) is 0 Å². The number of likely N-dealkylation sites (tertiary alicyclic amines) is 1. The summed E-state index contributed by atoms with van der Waals surface area (Å²) in [5.74, 6) is 0.961. The molecule has 1 saturated heterocycles. The zero-order chi connectivity index (χ0) is 12.8. The summed E-state index contributed by atoms with van der Waals surface area (Å²) in [5, 5.41) is 0. The summed E-state index contributed by atoms with van der Waals surface area (Å²) in [6.45, 7) is 6.32. The highest BCUT2D eigenvalue weighted by Gasteiger charge is 2.10. The molecule has 0 amide bonds. The fourth-order valence-corrected chi connectivity index (χ4v) is 2.39. The number of hydrogen-bond donors (Lipinski definition) is 1. The summed E-state index contributed by atoms with van der Waals surface area (Å²) in [7, 11) is 0. The molecule has 1 heterocycles. The summed E-state index contributed by atoms with van der Waals surface area (Å²) >= 11 is 0. The Balaban J connectivity index is 0.00000180. The lowest BCUT2D eigenvalue weighted by molar-refractivity contribution is 0.238. The first-order chi connectivity index (χ1) is 8.74. The number of rotatable bonds is 6. The summed E-state index contributed by atoms with van der Waals surface area (Å²) in [6, 6.07) is 8.51. The molecule has 0 radical (unpaired) electrons. The predicted molar refractivity (Wildman–Crippen MR) is 89.5 cm³/mol. The molecule has 1 atom stereocenters. The van der Waals surface area contributed by atoms with Crippen LogP contribution < -0.4 is 10.5 Å². The second-order valence-corrected chi connectivity index (χ2v) is 5.22. The van der Waals surface area contributed by atoms with Crippen LogP contribution in [0.3, 0.4) is 0 Å². The van der Waals surface area contributed by atoms with Crippen molar-refractivity contribution in [1.82, 2.24) is 4.90 Å². The molecule has 116 valence electrons. The molecule has 0 aliphatic carbocycles. The maximum Gasteiger partial charge on any atom is 0.119 e. The van der Waals surface area contributed by atoms with Gasteiger partial charge in [-0.25, -0.2) is 0 Å². The normalized spacial score (nSPS) is 16.1. The molecule has 2 rings (SSSR count). The van der Waals surface area contributed by atoms with Gasteiger partial charge >= 0.3 is 0 Å². The molecule has 1 aliphatic rings. The second-order valence-electron chi connectivity index (χ2n) is 5.22. The van der Waals surface area contributed by atoms with E-state index >= 15 is 0 Å². The molecule has 0 bridgehead atoms. The Hall–Kier alpha value is -0.480. The third-order valence-corrected chi connectivity index (χ3v) is 3.36. The lowest BCUT2D eigenvalue weighted by Crippen LogP contribution is -2.25. The quantitative estimate of drug-likeness (QED) is 0.875. The van der Waals surface area contributed by atoms with E-state index in [1.165, 1.54) is 31.5 Å². The Morgan fingerprint density at radius 1 is 1.15 bits per heavy atom. The molecule has 20 heavy (non-hydrogen) atoms. The van der Waals surface area contributed by atoms with Crippen molar-refractivity contribution >= 4 is 24.8 Å². The molecule has 1 aromatic rings. The lowest BCUT2D eigenvalue weighted by Gasteiger charge is -2.15. The minimum absolute atomic E-state index is 0. The van der Waals surface area contributed by atoms with Crippen molar-refractivity contribution in [3.05, 3.63) is 29.8 Å². The third kappa shape index (κ3) is 6.80. The van der Waals surface area contributed by atoms with Gasteiger partial charge in [0.25, 0.3) is 0 Å². The van der Waals surface area contributed by atoms with E-state index in [0.29, 0.717) is 0 Å². The van der Waals surface area contributed by atoms with Crippen LogP contribution >= 0.6 is 24.8 Å². The maximum absolute atomic E-state index is 5.78. The van der Waals surface area contributed by atoms with Gasteiger partial charge in [-0.2, -0.15) is 0 Å². The largest absolute Gasteiger partial charge is 0.492 e. The molecule has 0 spiro atoms. The number of nitrogens with zero attached hydrogens (tertiary/aromatic N) is 1. The van der Waals surface area contributed by atoms with E-state index in [2.05, 4.69) is 17.0 Å². The minimum atomic E-state index is 0. The fourth-order valence-electron chi connectivity index (χ4n) is 2.39. The number of halogens is 2. The van der Waals surface area contributed by atoms with Gasteiger partial charge in [-0.3, -0.25) is 4.90 Å². The standard InChI is InChI=1S/C15H24N2O.2ClH/c1-13(16)12-14-4-6-15(7-5-14)18-11-10-17-8-2-3-9-17;;/h4-7,13H,2-3,8-12,16H2,1H3;2*1H. The zero-order valence-electron chi connectivity index (χ0n) is 12.1. The minimum Gasteiger partial charge on any atom is -0.492 e. The molecular weight excluding hydrogens is 295 g/mol. The molecule has 1 fully saturated rings. The highest BCUT2D eigenvalue weighted by atomic mass is 35.5. The van der Waals surface area contributed by atoms with Crippen molar-refractivity contribution in [3.63, 3.8) is 0 Å². The van der Waals surface area contributed by atoms with E-state index < -0.39 is 0 Å². The topological polar surface area (TPSA) is 38.5 Å². The summed E-state index contributed by atoms with van der Waals surface area (Å²) in [5.41, 5.74) is 7.05. The van der Waals surface area contributed by atoms with E-state index in [0.717, 1.165) is 25.3 Å². The average molecular weight is 321 g/mol. The smallest absolute Gasteiger partial charge is 0.119 e. The Morgan fingerprint density at radius 2 is 1.75 bits per heavy atom. The first kappa shape index (κ1) is 19.5. The van der Waals surface area contributed by atoms with Crippen molar-refractivity contribution in [3.8, 4) is 5.75 Å². The Bertz CT molecular complexity index is 351. The molecule has 3 nitrogen and oxygen atoms in total. The van der Waals surface area contributed by atoms with E-state index in [1.54, 1.807) is 0 Å². The van der Waals surface area contributed by atoms with Gasteiger partial charge in [0.15, 0.2) is 0 Å². The number of hydrogen-bond acceptors (Lipinski definition) is 3. The van der Waals surface area contributed by atoms with Crippen molar-refractivity contribution in [2.75, 3.05) is 26.2 Å². The van der Waals surface area contributed by atoms with Crippen molar-refractivity contribution in [2.45, 2.75) is 32.2 Å². The molecule has 5 heteroatoms. The van der Waals surface area contributed by atoms with Crippen LogP contribution in [0.1, 0.15) is 25.3 Å². The Morgan fingerprint density at radius 3 is 2.30 bits per heavy atom. The zero-order valence-corrected chi connectivity index (χ0v) is 13.7. The van der Waals surface area contributed by atoms with Crippen LogP contribution in [0.25, 0.3) is 0 Å². The van der Waals surface area contributed by atoms with Crippen LogP contribution in [0.4, 0.5) is 0 Å². The van der Waals surface area contributed by atoms with Gasteiger partial charge < -0.3 is 10.5 Å². The van der Waals surface area contributed by atoms with E-state index in [9.17, 15) is 0 Å². The highest BCUT2D eigenvalue weighted by molar-refractivity contribution is 5.85. The van der Waals surface area contributed by atoms with E-state index in [4.69, 9.17) is 10.5 Å². The number of benzene rings is 1. The maximum atomic E-state index is 5.78. The van der Waals surface area contributed by atoms with Gasteiger partial charge in [0.05, 0.1) is 0 Å². The van der Waals surface area contributed by atoms with Crippen LogP contribution in [0, 0.1) is 0 Å². The van der Waals surface area contributed by atoms with Crippen molar-refractivity contribution < 1.29 is 4.74 Å². The molecule has 1 aliphatic heterocycles. The van der Waals surface area contributed by atoms with E-state index in [-0.39, 0.29) is 30.9 Å². The second kappa shape index (κ2) is 10.3. The first-order valence-corrected chi connectivity index (χ1v) is 6.94. The number of ether oxygens (including phenoxy) is 1. The van der Waals surface area contributed by atoms with Crippen LogP contribution in [0.2, 0.25) is 0 Å². The predicted octanol–water partition coefficient (Wildman–Crippen LogP) is 2.89. The molecule has 1 aromatic carbocycles. The average Bonchev–Trinajstić information content (AvgIpc) is 2.84. The van der Waals surface area contributed by atoms with Crippen molar-refractivity contribution in [2.24, 2.45) is 5.73 Å². The first-order valence-electron chi connectivity index (χ1n) is 6.94. The molecular formula is C15H26Cl2N2O. The summed E-state index contributed by atoms with van der Waals surface area (Å²) < 4.78 is 5.75.